The summed E-state index contributed by atoms with van der Waals surface area (Å²) in [7, 11) is 0. The number of aliphatic hydroxyl groups excluding tert-OH is 1. The van der Waals surface area contributed by atoms with Gasteiger partial charge in [0.2, 0.25) is 11.8 Å². The lowest BCUT2D eigenvalue weighted by Gasteiger charge is -2.38. The fourth-order valence-corrected chi connectivity index (χ4v) is 6.09. The van der Waals surface area contributed by atoms with Crippen LogP contribution in [0, 0.1) is 17.8 Å². The predicted octanol–water partition coefficient (Wildman–Crippen LogP) is 1.76. The van der Waals surface area contributed by atoms with Crippen molar-refractivity contribution in [3.8, 4) is 0 Å². The summed E-state index contributed by atoms with van der Waals surface area (Å²) < 4.78 is 12.0. The molecule has 3 aliphatic rings. The molecule has 8 nitrogen and oxygen atoms in total. The first-order valence-corrected chi connectivity index (χ1v) is 11.8. The summed E-state index contributed by atoms with van der Waals surface area (Å²) in [6.45, 7) is 14.2. The Hall–Kier alpha value is -1.93. The molecule has 2 amide bonds. The van der Waals surface area contributed by atoms with E-state index in [4.69, 9.17) is 9.47 Å². The van der Waals surface area contributed by atoms with Crippen LogP contribution in [0.3, 0.4) is 0 Å². The van der Waals surface area contributed by atoms with Crippen molar-refractivity contribution in [1.82, 2.24) is 9.80 Å². The van der Waals surface area contributed by atoms with E-state index in [-0.39, 0.29) is 37.0 Å². The highest BCUT2D eigenvalue weighted by molar-refractivity contribution is 5.98. The minimum atomic E-state index is -1.06. The van der Waals surface area contributed by atoms with Crippen molar-refractivity contribution in [3.63, 3.8) is 0 Å². The molecule has 0 radical (unpaired) electrons. The number of unbranched alkanes of at least 4 members (excludes halogenated alkanes) is 1. The summed E-state index contributed by atoms with van der Waals surface area (Å²) in [6.07, 6.45) is 3.30. The third-order valence-corrected chi connectivity index (χ3v) is 7.63. The summed E-state index contributed by atoms with van der Waals surface area (Å²) in [5, 5.41) is 9.24. The number of rotatable bonds is 10. The highest BCUT2D eigenvalue weighted by Gasteiger charge is 2.80. The van der Waals surface area contributed by atoms with Gasteiger partial charge in [-0.3, -0.25) is 14.4 Å². The fourth-order valence-electron chi connectivity index (χ4n) is 6.09. The van der Waals surface area contributed by atoms with Crippen LogP contribution in [-0.2, 0) is 23.9 Å². The highest BCUT2D eigenvalue weighted by atomic mass is 16.6. The van der Waals surface area contributed by atoms with Gasteiger partial charge in [0.15, 0.2) is 0 Å². The number of ether oxygens (including phenoxy) is 2. The monoisotopic (exact) mass is 450 g/mol. The number of likely N-dealkylation sites (tertiary alicyclic amines) is 1. The molecule has 3 heterocycles. The molecule has 3 unspecified atom stereocenters. The van der Waals surface area contributed by atoms with Crippen LogP contribution >= 0.6 is 0 Å². The van der Waals surface area contributed by atoms with Crippen molar-refractivity contribution in [2.75, 3.05) is 26.3 Å². The summed E-state index contributed by atoms with van der Waals surface area (Å²) in [4.78, 5) is 44.1. The molecular formula is C24H38N2O6. The van der Waals surface area contributed by atoms with Crippen LogP contribution in [0.25, 0.3) is 0 Å². The number of esters is 1. The maximum atomic E-state index is 13.9. The molecule has 3 aliphatic heterocycles. The van der Waals surface area contributed by atoms with E-state index in [0.717, 1.165) is 0 Å². The van der Waals surface area contributed by atoms with Gasteiger partial charge in [-0.15, -0.1) is 6.58 Å². The average molecular weight is 451 g/mol. The minimum Gasteiger partial charge on any atom is -0.466 e. The largest absolute Gasteiger partial charge is 0.466 e. The van der Waals surface area contributed by atoms with E-state index in [0.29, 0.717) is 32.4 Å². The molecule has 3 fully saturated rings. The van der Waals surface area contributed by atoms with Gasteiger partial charge in [-0.1, -0.05) is 13.0 Å². The molecule has 1 spiro atoms. The van der Waals surface area contributed by atoms with Gasteiger partial charge >= 0.3 is 5.97 Å². The van der Waals surface area contributed by atoms with Gasteiger partial charge in [-0.2, -0.15) is 0 Å². The Labute approximate surface area is 190 Å². The SMILES string of the molecule is C=CCN(C(=O)C1N(CCCCO)C(=O)[C@@H]2[C@H](C(=O)OCC)[C@@]3(C)OC12CC3C)C(C)C. The molecular weight excluding hydrogens is 412 g/mol. The molecule has 0 aliphatic carbocycles. The lowest BCUT2D eigenvalue weighted by atomic mass is 9.62. The van der Waals surface area contributed by atoms with E-state index in [2.05, 4.69) is 6.58 Å². The van der Waals surface area contributed by atoms with E-state index < -0.39 is 35.0 Å². The average Bonchev–Trinajstić information content (AvgIpc) is 3.23. The van der Waals surface area contributed by atoms with Crippen LogP contribution in [0.4, 0.5) is 0 Å². The van der Waals surface area contributed by atoms with Gasteiger partial charge in [0.25, 0.3) is 0 Å². The van der Waals surface area contributed by atoms with Crippen LogP contribution in [0.1, 0.15) is 53.9 Å². The maximum absolute atomic E-state index is 13.9. The Balaban J connectivity index is 2.09. The third kappa shape index (κ3) is 3.55. The van der Waals surface area contributed by atoms with Crippen LogP contribution in [0.2, 0.25) is 0 Å². The minimum absolute atomic E-state index is 0.0134. The van der Waals surface area contributed by atoms with E-state index in [1.165, 1.54) is 0 Å². The first-order chi connectivity index (χ1) is 15.1. The normalized spacial score (nSPS) is 35.3. The lowest BCUT2D eigenvalue weighted by molar-refractivity contribution is -0.162. The molecule has 0 aromatic carbocycles. The second-order valence-corrected chi connectivity index (χ2v) is 9.79. The van der Waals surface area contributed by atoms with Crippen LogP contribution in [0.5, 0.6) is 0 Å². The van der Waals surface area contributed by atoms with Gasteiger partial charge in [-0.25, -0.2) is 0 Å². The predicted molar refractivity (Wildman–Crippen MR) is 118 cm³/mol. The Morgan fingerprint density at radius 3 is 2.66 bits per heavy atom. The number of aliphatic hydroxyl groups is 1. The quantitative estimate of drug-likeness (QED) is 0.310. The van der Waals surface area contributed by atoms with Crippen molar-refractivity contribution in [2.45, 2.75) is 77.2 Å². The zero-order chi connectivity index (χ0) is 23.8. The lowest BCUT2D eigenvalue weighted by Crippen LogP contribution is -2.57. The summed E-state index contributed by atoms with van der Waals surface area (Å²) in [6, 6.07) is -0.900. The Morgan fingerprint density at radius 1 is 1.41 bits per heavy atom. The van der Waals surface area contributed by atoms with Crippen LogP contribution < -0.4 is 0 Å². The Kier molecular flexibility index (Phi) is 7.05. The molecule has 0 aromatic heterocycles. The summed E-state index contributed by atoms with van der Waals surface area (Å²) in [5.74, 6) is -2.34. The van der Waals surface area contributed by atoms with Gasteiger partial charge in [0.05, 0.1) is 18.1 Å². The number of amides is 2. The molecule has 0 aromatic rings. The zero-order valence-electron chi connectivity index (χ0n) is 20.0. The first-order valence-electron chi connectivity index (χ1n) is 11.8. The number of carbonyl (C=O) groups is 3. The highest BCUT2D eigenvalue weighted by Crippen LogP contribution is 2.65. The Bertz CT molecular complexity index is 770. The van der Waals surface area contributed by atoms with Crippen LogP contribution in [0.15, 0.2) is 12.7 Å². The van der Waals surface area contributed by atoms with Crippen molar-refractivity contribution in [1.29, 1.82) is 0 Å². The molecule has 6 atom stereocenters. The third-order valence-electron chi connectivity index (χ3n) is 7.63. The second-order valence-electron chi connectivity index (χ2n) is 9.79. The van der Waals surface area contributed by atoms with E-state index in [1.54, 1.807) is 22.8 Å². The molecule has 180 valence electrons. The number of hydrogen-bond donors (Lipinski definition) is 1. The van der Waals surface area contributed by atoms with Gasteiger partial charge < -0.3 is 24.4 Å². The number of carbonyl (C=O) groups excluding carboxylic acids is 3. The van der Waals surface area contributed by atoms with Gasteiger partial charge in [0, 0.05) is 25.7 Å². The Morgan fingerprint density at radius 2 is 2.09 bits per heavy atom. The number of nitrogens with zero attached hydrogens (tertiary/aromatic N) is 2. The van der Waals surface area contributed by atoms with Crippen molar-refractivity contribution < 1.29 is 29.0 Å². The molecule has 32 heavy (non-hydrogen) atoms. The summed E-state index contributed by atoms with van der Waals surface area (Å²) >= 11 is 0. The van der Waals surface area contributed by atoms with Crippen molar-refractivity contribution in [3.05, 3.63) is 12.7 Å². The standard InChI is InChI=1S/C24H38N2O6/c1-7-11-25(15(3)4)21(29)19-24-14-16(5)23(6,32-24)18(22(30)31-8-2)17(24)20(28)26(19)12-9-10-13-27/h7,15-19,27H,1,8-14H2,2-6H3/t16?,17-,18+,19?,23-,24?/m0/s1. The smallest absolute Gasteiger partial charge is 0.312 e. The van der Waals surface area contributed by atoms with E-state index >= 15 is 0 Å². The molecule has 1 N–H and O–H groups in total. The zero-order valence-corrected chi connectivity index (χ0v) is 20.0. The summed E-state index contributed by atoms with van der Waals surface area (Å²) in [5.41, 5.74) is -1.92. The molecule has 2 bridgehead atoms. The molecule has 3 rings (SSSR count). The number of hydrogen-bond acceptors (Lipinski definition) is 6. The molecule has 3 saturated heterocycles. The fraction of sp³-hybridized carbons (Fsp3) is 0.792. The van der Waals surface area contributed by atoms with Crippen LogP contribution in [-0.4, -0.2) is 82.3 Å². The first kappa shape index (κ1) is 24.7. The topological polar surface area (TPSA) is 96.4 Å². The number of fused-ring (bicyclic) bond motifs is 1. The maximum Gasteiger partial charge on any atom is 0.312 e. The van der Waals surface area contributed by atoms with Gasteiger partial charge in [0.1, 0.15) is 17.6 Å². The molecule has 0 saturated carbocycles. The van der Waals surface area contributed by atoms with E-state index in [9.17, 15) is 19.5 Å². The van der Waals surface area contributed by atoms with E-state index in [1.807, 2.05) is 27.7 Å². The second kappa shape index (κ2) is 9.14. The van der Waals surface area contributed by atoms with Crippen molar-refractivity contribution >= 4 is 17.8 Å². The van der Waals surface area contributed by atoms with Crippen molar-refractivity contribution in [2.24, 2.45) is 17.8 Å². The molecule has 8 heteroatoms. The van der Waals surface area contributed by atoms with Gasteiger partial charge in [-0.05, 0) is 52.9 Å².